The maximum absolute atomic E-state index is 14.0. The molecule has 0 fully saturated rings. The van der Waals surface area contributed by atoms with Gasteiger partial charge in [0.05, 0.1) is 18.2 Å². The predicted molar refractivity (Wildman–Crippen MR) is 129 cm³/mol. The van der Waals surface area contributed by atoms with Crippen LogP contribution in [-0.4, -0.2) is 42.2 Å². The molecule has 33 heavy (non-hydrogen) atoms. The molecule has 2 aromatic rings. The topological polar surface area (TPSA) is 120 Å². The van der Waals surface area contributed by atoms with E-state index in [0.29, 0.717) is 17.4 Å². The van der Waals surface area contributed by atoms with Gasteiger partial charge in [-0.25, -0.2) is 15.2 Å². The van der Waals surface area contributed by atoms with E-state index in [1.807, 2.05) is 6.92 Å². The number of furan rings is 1. The van der Waals surface area contributed by atoms with Gasteiger partial charge in [-0.1, -0.05) is 13.8 Å². The van der Waals surface area contributed by atoms with Crippen molar-refractivity contribution in [1.29, 1.82) is 0 Å². The number of ether oxygens (including phenoxy) is 2. The van der Waals surface area contributed by atoms with E-state index < -0.39 is 31.5 Å². The first-order valence-electron chi connectivity index (χ1n) is 11.1. The van der Waals surface area contributed by atoms with Crippen LogP contribution in [0.25, 0.3) is 11.5 Å². The second kappa shape index (κ2) is 11.9. The van der Waals surface area contributed by atoms with Crippen LogP contribution >= 0.6 is 18.8 Å². The Morgan fingerprint density at radius 3 is 2.09 bits per heavy atom. The minimum atomic E-state index is -3.77. The summed E-state index contributed by atoms with van der Waals surface area (Å²) in [6.07, 6.45) is 0.838. The Kier molecular flexibility index (Phi) is 9.84. The standard InChI is InChI=1S/C22H34N3O6PS/c1-8-29-21(26)14(5)24-32(28,25-15(6)22(27)30-9-2)19-11-10-17(31-19)20-18(12-13(3)4)33-16(7)23-20/h10-11,13-15H,8-9,12H2,1-7H3,(H2,24,25,28)/t14-,15-/m0/s1. The fourth-order valence-electron chi connectivity index (χ4n) is 3.14. The monoisotopic (exact) mass is 499 g/mol. The first-order valence-corrected chi connectivity index (χ1v) is 13.6. The zero-order chi connectivity index (χ0) is 24.8. The number of thiazole rings is 1. The van der Waals surface area contributed by atoms with Gasteiger partial charge in [-0.05, 0) is 59.1 Å². The molecule has 0 aromatic carbocycles. The van der Waals surface area contributed by atoms with Gasteiger partial charge in [0.2, 0.25) is 0 Å². The highest BCUT2D eigenvalue weighted by molar-refractivity contribution is 7.67. The number of nitrogens with one attached hydrogen (secondary N) is 2. The van der Waals surface area contributed by atoms with Gasteiger partial charge >= 0.3 is 11.9 Å². The number of rotatable bonds is 12. The number of hydrogen-bond acceptors (Lipinski definition) is 8. The van der Waals surface area contributed by atoms with Gasteiger partial charge in [0.15, 0.2) is 11.3 Å². The molecule has 0 aliphatic carbocycles. The van der Waals surface area contributed by atoms with E-state index in [0.717, 1.165) is 16.3 Å². The summed E-state index contributed by atoms with van der Waals surface area (Å²) in [5, 5.41) is 6.49. The summed E-state index contributed by atoms with van der Waals surface area (Å²) >= 11 is 1.60. The number of aryl methyl sites for hydroxylation is 1. The van der Waals surface area contributed by atoms with Crippen LogP contribution in [0.15, 0.2) is 16.5 Å². The lowest BCUT2D eigenvalue weighted by atomic mass is 10.1. The summed E-state index contributed by atoms with van der Waals surface area (Å²) in [6.45, 7) is 13.0. The molecular formula is C22H34N3O6PS. The third-order valence-corrected chi connectivity index (χ3v) is 7.92. The van der Waals surface area contributed by atoms with Crippen LogP contribution < -0.4 is 15.7 Å². The molecule has 11 heteroatoms. The van der Waals surface area contributed by atoms with Crippen molar-refractivity contribution in [3.63, 3.8) is 0 Å². The molecule has 2 N–H and O–H groups in total. The number of nitrogens with zero attached hydrogens (tertiary/aromatic N) is 1. The Hall–Kier alpha value is -2.00. The summed E-state index contributed by atoms with van der Waals surface area (Å²) in [5.74, 6) is -0.224. The SMILES string of the molecule is CCOC(=O)[C@H](C)NP(=O)(N[C@@H](C)C(=O)OCC)c1ccc(-c2nc(C)sc2CC(C)C)o1. The number of aromatic nitrogens is 1. The van der Waals surface area contributed by atoms with Gasteiger partial charge in [0.25, 0.3) is 7.44 Å². The molecule has 0 aliphatic heterocycles. The number of carbonyl (C=O) groups excluding carboxylic acids is 2. The molecule has 0 radical (unpaired) electrons. The highest BCUT2D eigenvalue weighted by Gasteiger charge is 2.36. The largest absolute Gasteiger partial charge is 0.465 e. The molecule has 0 spiro atoms. The second-order valence-corrected chi connectivity index (χ2v) is 11.5. The molecule has 0 saturated heterocycles. The number of carbonyl (C=O) groups is 2. The van der Waals surface area contributed by atoms with E-state index in [2.05, 4.69) is 29.0 Å². The lowest BCUT2D eigenvalue weighted by molar-refractivity contribution is -0.145. The Bertz CT molecular complexity index is 972. The van der Waals surface area contributed by atoms with Crippen LogP contribution in [0, 0.1) is 12.8 Å². The van der Waals surface area contributed by atoms with Crippen molar-refractivity contribution < 1.29 is 28.0 Å². The molecule has 0 bridgehead atoms. The fourth-order valence-corrected chi connectivity index (χ4v) is 6.44. The van der Waals surface area contributed by atoms with Gasteiger partial charge in [0.1, 0.15) is 17.8 Å². The highest BCUT2D eigenvalue weighted by Crippen LogP contribution is 2.39. The maximum atomic E-state index is 14.0. The van der Waals surface area contributed by atoms with Gasteiger partial charge < -0.3 is 13.9 Å². The molecule has 9 nitrogen and oxygen atoms in total. The summed E-state index contributed by atoms with van der Waals surface area (Å²) in [4.78, 5) is 30.1. The zero-order valence-corrected chi connectivity index (χ0v) is 22.0. The minimum Gasteiger partial charge on any atom is -0.465 e. The Morgan fingerprint density at radius 2 is 1.61 bits per heavy atom. The van der Waals surface area contributed by atoms with Crippen molar-refractivity contribution in [1.82, 2.24) is 15.2 Å². The van der Waals surface area contributed by atoms with E-state index in [-0.39, 0.29) is 18.7 Å². The molecule has 184 valence electrons. The lowest BCUT2D eigenvalue weighted by Gasteiger charge is -2.24. The average molecular weight is 500 g/mol. The Labute approximate surface area is 199 Å². The normalized spacial score (nSPS) is 13.7. The summed E-state index contributed by atoms with van der Waals surface area (Å²) in [6, 6.07) is 1.45. The minimum absolute atomic E-state index is 0.0750. The molecule has 0 unspecified atom stereocenters. The fraction of sp³-hybridized carbons (Fsp3) is 0.591. The van der Waals surface area contributed by atoms with Gasteiger partial charge in [-0.15, -0.1) is 11.3 Å². The van der Waals surface area contributed by atoms with Crippen molar-refractivity contribution >= 4 is 36.2 Å². The van der Waals surface area contributed by atoms with Gasteiger partial charge in [-0.2, -0.15) is 0 Å². The van der Waals surface area contributed by atoms with Crippen molar-refractivity contribution in [3.8, 4) is 11.5 Å². The van der Waals surface area contributed by atoms with Crippen LogP contribution in [0.5, 0.6) is 0 Å². The van der Waals surface area contributed by atoms with Crippen molar-refractivity contribution in [3.05, 3.63) is 22.0 Å². The molecular weight excluding hydrogens is 465 g/mol. The van der Waals surface area contributed by atoms with Crippen molar-refractivity contribution in [2.75, 3.05) is 13.2 Å². The van der Waals surface area contributed by atoms with Gasteiger partial charge in [-0.3, -0.25) is 14.2 Å². The molecule has 0 aliphatic rings. The van der Waals surface area contributed by atoms with E-state index in [1.165, 1.54) is 13.8 Å². The third kappa shape index (κ3) is 7.24. The van der Waals surface area contributed by atoms with E-state index in [9.17, 15) is 14.2 Å². The quantitative estimate of drug-likeness (QED) is 0.332. The molecule has 2 heterocycles. The predicted octanol–water partition coefficient (Wildman–Crippen LogP) is 3.81. The van der Waals surface area contributed by atoms with E-state index in [4.69, 9.17) is 13.9 Å². The first kappa shape index (κ1) is 27.2. The molecule has 0 amide bonds. The molecule has 2 aromatic heterocycles. The van der Waals surface area contributed by atoms with Crippen molar-refractivity contribution in [2.45, 2.75) is 67.0 Å². The number of hydrogen-bond donors (Lipinski definition) is 2. The maximum Gasteiger partial charge on any atom is 0.323 e. The van der Waals surface area contributed by atoms with Crippen LogP contribution in [0.3, 0.4) is 0 Å². The average Bonchev–Trinajstić information content (AvgIpc) is 3.34. The van der Waals surface area contributed by atoms with Crippen LogP contribution in [0.4, 0.5) is 0 Å². The van der Waals surface area contributed by atoms with Crippen LogP contribution in [0.2, 0.25) is 0 Å². The summed E-state index contributed by atoms with van der Waals surface area (Å²) in [7, 11) is -3.77. The lowest BCUT2D eigenvalue weighted by Crippen LogP contribution is -2.44. The Balaban J connectivity index is 2.42. The molecule has 2 rings (SSSR count). The molecule has 0 saturated carbocycles. The highest BCUT2D eigenvalue weighted by atomic mass is 32.1. The summed E-state index contributed by atoms with van der Waals surface area (Å²) in [5.41, 5.74) is 0.784. The summed E-state index contributed by atoms with van der Waals surface area (Å²) < 4.78 is 30.1. The first-order chi connectivity index (χ1) is 15.5. The number of esters is 2. The van der Waals surface area contributed by atoms with Crippen molar-refractivity contribution in [2.24, 2.45) is 5.92 Å². The second-order valence-electron chi connectivity index (χ2n) is 8.06. The van der Waals surface area contributed by atoms with Crippen LogP contribution in [0.1, 0.15) is 51.4 Å². The van der Waals surface area contributed by atoms with Gasteiger partial charge in [0, 0.05) is 4.88 Å². The third-order valence-electron chi connectivity index (χ3n) is 4.56. The molecule has 2 atom stereocenters. The Morgan fingerprint density at radius 1 is 1.06 bits per heavy atom. The smallest absolute Gasteiger partial charge is 0.323 e. The zero-order valence-electron chi connectivity index (χ0n) is 20.3. The van der Waals surface area contributed by atoms with Crippen LogP contribution in [-0.2, 0) is 30.0 Å². The van der Waals surface area contributed by atoms with E-state index in [1.54, 1.807) is 37.3 Å². The van der Waals surface area contributed by atoms with E-state index >= 15 is 0 Å².